The highest BCUT2D eigenvalue weighted by atomic mass is 32.1. The Bertz CT molecular complexity index is 716. The fourth-order valence-electron chi connectivity index (χ4n) is 2.34. The van der Waals surface area contributed by atoms with Gasteiger partial charge in [-0.25, -0.2) is 4.79 Å². The van der Waals surface area contributed by atoms with Crippen LogP contribution in [0.1, 0.15) is 12.5 Å². The minimum Gasteiger partial charge on any atom is -0.480 e. The number of nitrogens with two attached hydrogens (primary N) is 1. The van der Waals surface area contributed by atoms with Crippen LogP contribution < -0.4 is 21.7 Å². The Morgan fingerprint density at radius 2 is 1.72 bits per heavy atom. The van der Waals surface area contributed by atoms with Gasteiger partial charge in [-0.2, -0.15) is 12.6 Å². The van der Waals surface area contributed by atoms with Crippen LogP contribution in [0.25, 0.3) is 0 Å². The largest absolute Gasteiger partial charge is 0.480 e. The van der Waals surface area contributed by atoms with Crippen LogP contribution in [0.2, 0.25) is 0 Å². The van der Waals surface area contributed by atoms with E-state index < -0.39 is 54.5 Å². The standard InChI is InChI=1S/C18H26N4O6S/c1-10(23)15(18(27)28)22-14(24)8-20-17(26)13(9-29)21-16(25)12(19)7-11-5-3-2-4-6-11/h2-6,10,12-13,15,23,29H,7-9,19H2,1H3,(H,20,26)(H,21,25)(H,22,24)(H,27,28). The molecule has 0 saturated heterocycles. The Morgan fingerprint density at radius 1 is 1.10 bits per heavy atom. The first-order valence-electron chi connectivity index (χ1n) is 8.84. The molecule has 0 radical (unpaired) electrons. The topological polar surface area (TPSA) is 171 Å². The van der Waals surface area contributed by atoms with Gasteiger partial charge in [0.2, 0.25) is 17.7 Å². The summed E-state index contributed by atoms with van der Waals surface area (Å²) >= 11 is 4.02. The molecule has 3 amide bonds. The van der Waals surface area contributed by atoms with Gasteiger partial charge in [-0.3, -0.25) is 14.4 Å². The Kier molecular flexibility index (Phi) is 10.1. The van der Waals surface area contributed by atoms with E-state index in [-0.39, 0.29) is 12.2 Å². The first-order chi connectivity index (χ1) is 13.6. The second-order valence-electron chi connectivity index (χ2n) is 6.38. The molecule has 0 spiro atoms. The Morgan fingerprint density at radius 3 is 2.24 bits per heavy atom. The van der Waals surface area contributed by atoms with Crippen LogP contribution in [0.3, 0.4) is 0 Å². The van der Waals surface area contributed by atoms with Crippen LogP contribution in [0.4, 0.5) is 0 Å². The van der Waals surface area contributed by atoms with Gasteiger partial charge in [0.05, 0.1) is 18.7 Å². The number of benzene rings is 1. The number of amides is 3. The molecule has 0 aliphatic carbocycles. The van der Waals surface area contributed by atoms with E-state index >= 15 is 0 Å². The number of carbonyl (C=O) groups excluding carboxylic acids is 3. The fraction of sp³-hybridized carbons (Fsp3) is 0.444. The molecule has 4 unspecified atom stereocenters. The van der Waals surface area contributed by atoms with Crippen LogP contribution in [-0.2, 0) is 25.6 Å². The van der Waals surface area contributed by atoms with Crippen LogP contribution >= 0.6 is 12.6 Å². The van der Waals surface area contributed by atoms with Gasteiger partial charge in [0.1, 0.15) is 6.04 Å². The van der Waals surface area contributed by atoms with Crippen LogP contribution in [0.15, 0.2) is 30.3 Å². The summed E-state index contributed by atoms with van der Waals surface area (Å²) in [5.74, 6) is -3.49. The van der Waals surface area contributed by atoms with E-state index in [2.05, 4.69) is 28.6 Å². The zero-order chi connectivity index (χ0) is 22.0. The molecular weight excluding hydrogens is 400 g/mol. The zero-order valence-corrected chi connectivity index (χ0v) is 16.8. The van der Waals surface area contributed by atoms with Gasteiger partial charge in [0, 0.05) is 5.75 Å². The third kappa shape index (κ3) is 8.50. The van der Waals surface area contributed by atoms with Gasteiger partial charge < -0.3 is 31.9 Å². The average Bonchev–Trinajstić information content (AvgIpc) is 2.68. The number of carboxylic acid groups (broad SMARTS) is 1. The van der Waals surface area contributed by atoms with Crippen molar-refractivity contribution in [3.63, 3.8) is 0 Å². The maximum Gasteiger partial charge on any atom is 0.328 e. The normalized spacial score (nSPS) is 14.8. The van der Waals surface area contributed by atoms with E-state index in [9.17, 15) is 24.3 Å². The molecule has 10 nitrogen and oxygen atoms in total. The molecule has 0 aliphatic rings. The van der Waals surface area contributed by atoms with Crippen molar-refractivity contribution in [2.45, 2.75) is 37.6 Å². The molecule has 0 aromatic heterocycles. The van der Waals surface area contributed by atoms with Crippen LogP contribution in [-0.4, -0.2) is 70.4 Å². The Hall–Kier alpha value is -2.63. The third-order valence-electron chi connectivity index (χ3n) is 3.94. The second kappa shape index (κ2) is 12.0. The predicted molar refractivity (Wildman–Crippen MR) is 108 cm³/mol. The lowest BCUT2D eigenvalue weighted by Gasteiger charge is -2.20. The Labute approximate surface area is 173 Å². The predicted octanol–water partition coefficient (Wildman–Crippen LogP) is -1.96. The minimum atomic E-state index is -1.50. The number of hydrogen-bond acceptors (Lipinski definition) is 7. The van der Waals surface area contributed by atoms with E-state index in [1.807, 2.05) is 30.3 Å². The number of rotatable bonds is 11. The van der Waals surface area contributed by atoms with E-state index in [0.717, 1.165) is 5.56 Å². The van der Waals surface area contributed by atoms with Crippen molar-refractivity contribution < 1.29 is 29.4 Å². The summed E-state index contributed by atoms with van der Waals surface area (Å²) in [6.07, 6.45) is -1.03. The number of nitrogens with one attached hydrogen (secondary N) is 3. The van der Waals surface area contributed by atoms with Crippen molar-refractivity contribution in [2.24, 2.45) is 5.73 Å². The number of carbonyl (C=O) groups is 4. The molecule has 0 saturated carbocycles. The zero-order valence-electron chi connectivity index (χ0n) is 15.9. The Balaban J connectivity index is 2.53. The molecule has 1 aromatic rings. The van der Waals surface area contributed by atoms with Gasteiger partial charge in [-0.15, -0.1) is 0 Å². The quantitative estimate of drug-likeness (QED) is 0.201. The summed E-state index contributed by atoms with van der Waals surface area (Å²) in [6, 6.07) is 5.72. The van der Waals surface area contributed by atoms with Gasteiger partial charge in [0.15, 0.2) is 6.04 Å². The first-order valence-corrected chi connectivity index (χ1v) is 9.47. The molecular formula is C18H26N4O6S. The summed E-state index contributed by atoms with van der Waals surface area (Å²) < 4.78 is 0. The van der Waals surface area contributed by atoms with Crippen molar-refractivity contribution in [3.8, 4) is 0 Å². The highest BCUT2D eigenvalue weighted by molar-refractivity contribution is 7.80. The minimum absolute atomic E-state index is 0.0390. The molecule has 1 aromatic carbocycles. The van der Waals surface area contributed by atoms with E-state index in [0.29, 0.717) is 0 Å². The lowest BCUT2D eigenvalue weighted by atomic mass is 10.1. The highest BCUT2D eigenvalue weighted by Gasteiger charge is 2.26. The van der Waals surface area contributed by atoms with Gasteiger partial charge >= 0.3 is 5.97 Å². The first kappa shape index (κ1) is 24.4. The van der Waals surface area contributed by atoms with Crippen LogP contribution in [0, 0.1) is 0 Å². The summed E-state index contributed by atoms with van der Waals surface area (Å²) in [5.41, 5.74) is 6.74. The SMILES string of the molecule is CC(O)C(NC(=O)CNC(=O)C(CS)NC(=O)C(N)Cc1ccccc1)C(=O)O. The summed E-state index contributed by atoms with van der Waals surface area (Å²) in [6.45, 7) is 0.675. The van der Waals surface area contributed by atoms with Crippen molar-refractivity contribution >= 4 is 36.3 Å². The van der Waals surface area contributed by atoms with E-state index in [1.54, 1.807) is 0 Å². The van der Waals surface area contributed by atoms with Gasteiger partial charge in [0.25, 0.3) is 0 Å². The molecule has 160 valence electrons. The van der Waals surface area contributed by atoms with E-state index in [1.165, 1.54) is 6.92 Å². The van der Waals surface area contributed by atoms with Gasteiger partial charge in [-0.05, 0) is 18.9 Å². The lowest BCUT2D eigenvalue weighted by molar-refractivity contribution is -0.144. The average molecular weight is 426 g/mol. The second-order valence-corrected chi connectivity index (χ2v) is 6.75. The number of aliphatic carboxylic acids is 1. The lowest BCUT2D eigenvalue weighted by Crippen LogP contribution is -2.55. The fourth-order valence-corrected chi connectivity index (χ4v) is 2.59. The van der Waals surface area contributed by atoms with Crippen molar-refractivity contribution in [2.75, 3.05) is 12.3 Å². The summed E-state index contributed by atoms with van der Waals surface area (Å²) in [7, 11) is 0. The molecule has 7 N–H and O–H groups in total. The highest BCUT2D eigenvalue weighted by Crippen LogP contribution is 2.02. The number of carboxylic acids is 1. The molecule has 29 heavy (non-hydrogen) atoms. The third-order valence-corrected chi connectivity index (χ3v) is 4.30. The molecule has 0 fully saturated rings. The maximum absolute atomic E-state index is 12.2. The summed E-state index contributed by atoms with van der Waals surface area (Å²) in [5, 5.41) is 25.1. The number of aliphatic hydroxyl groups excluding tert-OH is 1. The molecule has 11 heteroatoms. The molecule has 1 rings (SSSR count). The summed E-state index contributed by atoms with van der Waals surface area (Å²) in [4.78, 5) is 47.2. The molecule has 0 heterocycles. The smallest absolute Gasteiger partial charge is 0.328 e. The molecule has 4 atom stereocenters. The maximum atomic E-state index is 12.2. The number of aliphatic hydroxyl groups is 1. The number of hydrogen-bond donors (Lipinski definition) is 7. The van der Waals surface area contributed by atoms with Gasteiger partial charge in [-0.1, -0.05) is 30.3 Å². The van der Waals surface area contributed by atoms with Crippen LogP contribution in [0.5, 0.6) is 0 Å². The van der Waals surface area contributed by atoms with E-state index in [4.69, 9.17) is 10.8 Å². The van der Waals surface area contributed by atoms with Crippen molar-refractivity contribution in [1.82, 2.24) is 16.0 Å². The molecule has 0 aliphatic heterocycles. The monoisotopic (exact) mass is 426 g/mol. The van der Waals surface area contributed by atoms with Crippen molar-refractivity contribution in [3.05, 3.63) is 35.9 Å². The molecule has 0 bridgehead atoms. The van der Waals surface area contributed by atoms with Crippen molar-refractivity contribution in [1.29, 1.82) is 0 Å². The number of thiol groups is 1.